The van der Waals surface area contributed by atoms with E-state index in [2.05, 4.69) is 65.6 Å². The summed E-state index contributed by atoms with van der Waals surface area (Å²) in [5.74, 6) is 0.809. The zero-order valence-electron chi connectivity index (χ0n) is 15.2. The number of aromatic nitrogens is 1. The maximum Gasteiger partial charge on any atom is 0.220 e. The van der Waals surface area contributed by atoms with Crippen molar-refractivity contribution in [2.45, 2.75) is 24.9 Å². The van der Waals surface area contributed by atoms with Crippen LogP contribution in [-0.2, 0) is 12.1 Å². The smallest absolute Gasteiger partial charge is 0.220 e. The van der Waals surface area contributed by atoms with Crippen LogP contribution in [0.3, 0.4) is 0 Å². The third kappa shape index (κ3) is 2.75. The van der Waals surface area contributed by atoms with E-state index in [9.17, 15) is 0 Å². The molecule has 1 fully saturated rings. The summed E-state index contributed by atoms with van der Waals surface area (Å²) in [6.45, 7) is 1.91. The van der Waals surface area contributed by atoms with Gasteiger partial charge < -0.3 is 4.42 Å². The van der Waals surface area contributed by atoms with Crippen molar-refractivity contribution in [2.75, 3.05) is 6.54 Å². The van der Waals surface area contributed by atoms with Crippen LogP contribution in [0.15, 0.2) is 89.3 Å². The Morgan fingerprint density at radius 1 is 0.852 bits per heavy atom. The van der Waals surface area contributed by atoms with Crippen molar-refractivity contribution in [3.63, 3.8) is 0 Å². The summed E-state index contributed by atoms with van der Waals surface area (Å²) in [5.41, 5.74) is 4.03. The third-order valence-electron chi connectivity index (χ3n) is 5.62. The fourth-order valence-corrected chi connectivity index (χ4v) is 4.35. The Morgan fingerprint density at radius 3 is 2.33 bits per heavy atom. The Kier molecular flexibility index (Phi) is 4.02. The molecule has 4 aromatic rings. The van der Waals surface area contributed by atoms with Crippen molar-refractivity contribution in [3.05, 3.63) is 102 Å². The molecule has 1 aliphatic rings. The lowest BCUT2D eigenvalue weighted by molar-refractivity contribution is 0.138. The molecule has 3 nitrogen and oxygen atoms in total. The highest BCUT2D eigenvalue weighted by Gasteiger charge is 2.47. The van der Waals surface area contributed by atoms with Gasteiger partial charge in [0.2, 0.25) is 5.89 Å². The van der Waals surface area contributed by atoms with Crippen LogP contribution in [0.2, 0.25) is 0 Å². The molecule has 0 bridgehead atoms. The van der Waals surface area contributed by atoms with Crippen LogP contribution in [0.1, 0.15) is 29.9 Å². The molecule has 1 saturated heterocycles. The Balaban J connectivity index is 1.66. The van der Waals surface area contributed by atoms with Crippen LogP contribution >= 0.6 is 0 Å². The van der Waals surface area contributed by atoms with Gasteiger partial charge in [-0.25, -0.2) is 4.98 Å². The summed E-state index contributed by atoms with van der Waals surface area (Å²) in [7, 11) is 0. The highest BCUT2D eigenvalue weighted by atomic mass is 16.4. The van der Waals surface area contributed by atoms with Gasteiger partial charge in [0, 0.05) is 6.54 Å². The predicted molar refractivity (Wildman–Crippen MR) is 107 cm³/mol. The van der Waals surface area contributed by atoms with Gasteiger partial charge in [-0.1, -0.05) is 72.8 Å². The molecule has 1 atom stereocenters. The molecular weight excluding hydrogens is 332 g/mol. The molecule has 1 aromatic heterocycles. The fraction of sp³-hybridized carbons (Fsp3) is 0.208. The van der Waals surface area contributed by atoms with Gasteiger partial charge in [-0.05, 0) is 42.6 Å². The maximum atomic E-state index is 6.32. The first-order chi connectivity index (χ1) is 13.4. The molecule has 0 spiro atoms. The molecular formula is C24H22N2O. The van der Waals surface area contributed by atoms with Gasteiger partial charge in [-0.2, -0.15) is 0 Å². The fourth-order valence-electron chi connectivity index (χ4n) is 4.35. The lowest BCUT2D eigenvalue weighted by atomic mass is 9.86. The minimum Gasteiger partial charge on any atom is -0.438 e. The number of para-hydroxylation sites is 2. The summed E-state index contributed by atoms with van der Waals surface area (Å²) >= 11 is 0. The van der Waals surface area contributed by atoms with E-state index in [1.807, 2.05) is 24.3 Å². The number of benzene rings is 3. The molecule has 0 radical (unpaired) electrons. The lowest BCUT2D eigenvalue weighted by Crippen LogP contribution is -2.42. The van der Waals surface area contributed by atoms with Crippen molar-refractivity contribution < 1.29 is 4.42 Å². The number of fused-ring (bicyclic) bond motifs is 1. The molecule has 0 aliphatic carbocycles. The first-order valence-corrected chi connectivity index (χ1v) is 9.57. The van der Waals surface area contributed by atoms with Gasteiger partial charge in [0.25, 0.3) is 0 Å². The van der Waals surface area contributed by atoms with Crippen LogP contribution in [0.4, 0.5) is 0 Å². The molecule has 0 amide bonds. The summed E-state index contributed by atoms with van der Waals surface area (Å²) in [5, 5.41) is 0. The van der Waals surface area contributed by atoms with Crippen LogP contribution in [0.5, 0.6) is 0 Å². The first-order valence-electron chi connectivity index (χ1n) is 9.57. The molecule has 27 heavy (non-hydrogen) atoms. The second-order valence-electron chi connectivity index (χ2n) is 7.22. The Hall–Kier alpha value is -2.91. The van der Waals surface area contributed by atoms with Crippen LogP contribution in [0, 0.1) is 0 Å². The Morgan fingerprint density at radius 2 is 1.56 bits per heavy atom. The molecule has 5 rings (SSSR count). The molecule has 1 aliphatic heterocycles. The maximum absolute atomic E-state index is 6.32. The second kappa shape index (κ2) is 6.67. The number of likely N-dealkylation sites (tertiary alicyclic amines) is 1. The third-order valence-corrected chi connectivity index (χ3v) is 5.62. The number of rotatable bonds is 4. The van der Waals surface area contributed by atoms with Crippen molar-refractivity contribution in [2.24, 2.45) is 0 Å². The molecule has 134 valence electrons. The topological polar surface area (TPSA) is 29.3 Å². The highest BCUT2D eigenvalue weighted by molar-refractivity contribution is 5.72. The molecule has 2 heterocycles. The highest BCUT2D eigenvalue weighted by Crippen LogP contribution is 2.45. The number of hydrogen-bond acceptors (Lipinski definition) is 3. The van der Waals surface area contributed by atoms with Gasteiger partial charge >= 0.3 is 0 Å². The van der Waals surface area contributed by atoms with Crippen LogP contribution < -0.4 is 0 Å². The van der Waals surface area contributed by atoms with Gasteiger partial charge in [0.05, 0.1) is 0 Å². The predicted octanol–water partition coefficient (Wildman–Crippen LogP) is 5.37. The zero-order valence-corrected chi connectivity index (χ0v) is 15.2. The Labute approximate surface area is 159 Å². The number of oxazole rings is 1. The monoisotopic (exact) mass is 354 g/mol. The standard InChI is InChI=1S/C24H22N2O/c1-3-10-19(11-4-1)18-26-17-9-16-24(26,20-12-5-2-6-13-20)23-25-21-14-7-8-15-22(21)27-23/h1-8,10-15H,9,16-18H2. The summed E-state index contributed by atoms with van der Waals surface area (Å²) in [6, 6.07) is 29.4. The average Bonchev–Trinajstić information content (AvgIpc) is 3.34. The van der Waals surface area contributed by atoms with Gasteiger partial charge in [-0.3, -0.25) is 4.90 Å². The van der Waals surface area contributed by atoms with E-state index in [1.165, 1.54) is 11.1 Å². The molecule has 1 unspecified atom stereocenters. The van der Waals surface area contributed by atoms with Crippen molar-refractivity contribution >= 4 is 11.1 Å². The first kappa shape index (κ1) is 16.3. The van der Waals surface area contributed by atoms with E-state index < -0.39 is 0 Å². The lowest BCUT2D eigenvalue weighted by Gasteiger charge is -2.36. The number of hydrogen-bond donors (Lipinski definition) is 0. The summed E-state index contributed by atoms with van der Waals surface area (Å²) < 4.78 is 6.32. The number of nitrogens with zero attached hydrogens (tertiary/aromatic N) is 2. The van der Waals surface area contributed by atoms with Gasteiger partial charge in [0.1, 0.15) is 11.1 Å². The summed E-state index contributed by atoms with van der Waals surface area (Å²) in [4.78, 5) is 7.46. The van der Waals surface area contributed by atoms with E-state index in [0.717, 1.165) is 42.9 Å². The zero-order chi connectivity index (χ0) is 18.1. The van der Waals surface area contributed by atoms with Crippen molar-refractivity contribution in [1.29, 1.82) is 0 Å². The Bertz CT molecular complexity index is 1010. The van der Waals surface area contributed by atoms with E-state index in [-0.39, 0.29) is 5.54 Å². The summed E-state index contributed by atoms with van der Waals surface area (Å²) in [6.07, 6.45) is 2.14. The quantitative estimate of drug-likeness (QED) is 0.493. The SMILES string of the molecule is c1ccc(CN2CCCC2(c2ccccc2)c2nc3ccccc3o2)cc1. The van der Waals surface area contributed by atoms with Crippen LogP contribution in [-0.4, -0.2) is 16.4 Å². The minimum absolute atomic E-state index is 0.323. The molecule has 3 aromatic carbocycles. The van der Waals surface area contributed by atoms with Gasteiger partial charge in [-0.15, -0.1) is 0 Å². The second-order valence-corrected chi connectivity index (χ2v) is 7.22. The largest absolute Gasteiger partial charge is 0.438 e. The average molecular weight is 354 g/mol. The van der Waals surface area contributed by atoms with E-state index in [1.54, 1.807) is 0 Å². The van der Waals surface area contributed by atoms with Crippen molar-refractivity contribution in [1.82, 2.24) is 9.88 Å². The van der Waals surface area contributed by atoms with E-state index >= 15 is 0 Å². The molecule has 0 saturated carbocycles. The molecule has 3 heteroatoms. The minimum atomic E-state index is -0.323. The molecule has 0 N–H and O–H groups in total. The van der Waals surface area contributed by atoms with Gasteiger partial charge in [0.15, 0.2) is 5.58 Å². The van der Waals surface area contributed by atoms with E-state index in [4.69, 9.17) is 9.40 Å². The van der Waals surface area contributed by atoms with E-state index in [0.29, 0.717) is 0 Å². The van der Waals surface area contributed by atoms with Crippen molar-refractivity contribution in [3.8, 4) is 0 Å². The normalized spacial score (nSPS) is 20.3. The van der Waals surface area contributed by atoms with Crippen LogP contribution in [0.25, 0.3) is 11.1 Å².